The topological polar surface area (TPSA) is 108 Å². The van der Waals surface area contributed by atoms with Crippen LogP contribution in [-0.2, 0) is 4.79 Å². The normalized spacial score (nSPS) is 15.6. The van der Waals surface area contributed by atoms with Crippen LogP contribution in [0.5, 0.6) is 11.5 Å². The van der Waals surface area contributed by atoms with Gasteiger partial charge in [-0.05, 0) is 31.2 Å². The van der Waals surface area contributed by atoms with Gasteiger partial charge in [0.1, 0.15) is 17.2 Å². The first-order valence-corrected chi connectivity index (χ1v) is 9.31. The molecule has 3 rings (SSSR count). The highest BCUT2D eigenvalue weighted by Gasteiger charge is 2.28. The van der Waals surface area contributed by atoms with Crippen molar-refractivity contribution < 1.29 is 19.6 Å². The Morgan fingerprint density at radius 2 is 1.90 bits per heavy atom. The van der Waals surface area contributed by atoms with Crippen molar-refractivity contribution in [2.24, 2.45) is 0 Å². The Morgan fingerprint density at radius 3 is 2.52 bits per heavy atom. The van der Waals surface area contributed by atoms with Gasteiger partial charge in [-0.15, -0.1) is 0 Å². The van der Waals surface area contributed by atoms with Crippen molar-refractivity contribution in [3.63, 3.8) is 0 Å². The van der Waals surface area contributed by atoms with Crippen molar-refractivity contribution in [1.29, 1.82) is 0 Å². The average molecular weight is 400 g/mol. The van der Waals surface area contributed by atoms with Crippen LogP contribution in [0.3, 0.4) is 0 Å². The predicted octanol–water partition coefficient (Wildman–Crippen LogP) is 2.46. The highest BCUT2D eigenvalue weighted by Crippen LogP contribution is 2.30. The molecule has 1 fully saturated rings. The maximum atomic E-state index is 12.7. The minimum atomic E-state index is -0.548. The van der Waals surface area contributed by atoms with Gasteiger partial charge in [-0.3, -0.25) is 19.8 Å². The van der Waals surface area contributed by atoms with E-state index in [0.717, 1.165) is 5.69 Å². The highest BCUT2D eigenvalue weighted by molar-refractivity contribution is 5.96. The number of amides is 1. The molecule has 1 heterocycles. The van der Waals surface area contributed by atoms with Crippen LogP contribution in [0, 0.1) is 10.1 Å². The van der Waals surface area contributed by atoms with E-state index in [1.54, 1.807) is 25.1 Å². The first-order valence-electron chi connectivity index (χ1n) is 9.31. The van der Waals surface area contributed by atoms with Gasteiger partial charge in [0.25, 0.3) is 5.69 Å². The van der Waals surface area contributed by atoms with Crippen LogP contribution in [0.25, 0.3) is 0 Å². The Hall–Kier alpha value is -3.33. The largest absolute Gasteiger partial charge is 0.506 e. The van der Waals surface area contributed by atoms with E-state index in [0.29, 0.717) is 31.9 Å². The summed E-state index contributed by atoms with van der Waals surface area (Å²) in [5.41, 5.74) is 0.702. The first kappa shape index (κ1) is 20.4. The maximum Gasteiger partial charge on any atom is 0.296 e. The molecule has 154 valence electrons. The molecule has 0 saturated carbocycles. The van der Waals surface area contributed by atoms with E-state index in [-0.39, 0.29) is 23.0 Å². The van der Waals surface area contributed by atoms with Crippen molar-refractivity contribution in [1.82, 2.24) is 4.90 Å². The van der Waals surface area contributed by atoms with Gasteiger partial charge in [-0.2, -0.15) is 0 Å². The molecule has 2 aromatic rings. The van der Waals surface area contributed by atoms with Gasteiger partial charge < -0.3 is 20.1 Å². The fraction of sp³-hybridized carbons (Fsp3) is 0.350. The summed E-state index contributed by atoms with van der Waals surface area (Å²) in [6, 6.07) is 11.0. The number of rotatable bonds is 6. The third-order valence-corrected chi connectivity index (χ3v) is 5.12. The van der Waals surface area contributed by atoms with Crippen LogP contribution < -0.4 is 15.0 Å². The Balaban J connectivity index is 1.63. The van der Waals surface area contributed by atoms with Gasteiger partial charge >= 0.3 is 0 Å². The van der Waals surface area contributed by atoms with Gasteiger partial charge in [0, 0.05) is 26.2 Å². The zero-order valence-corrected chi connectivity index (χ0v) is 16.4. The molecule has 1 aliphatic rings. The Kier molecular flexibility index (Phi) is 6.18. The molecule has 2 aromatic carbocycles. The molecule has 0 unspecified atom stereocenters. The number of phenolic OH excluding ortho intramolecular Hbond substituents is 1. The van der Waals surface area contributed by atoms with Crippen molar-refractivity contribution in [3.05, 3.63) is 52.6 Å². The number of ether oxygens (including phenoxy) is 1. The van der Waals surface area contributed by atoms with Crippen molar-refractivity contribution in [3.8, 4) is 11.5 Å². The first-order chi connectivity index (χ1) is 13.9. The summed E-state index contributed by atoms with van der Waals surface area (Å²) in [4.78, 5) is 27.5. The second-order valence-electron chi connectivity index (χ2n) is 6.82. The number of nitro groups is 1. The lowest BCUT2D eigenvalue weighted by Crippen LogP contribution is -2.52. The summed E-state index contributed by atoms with van der Waals surface area (Å²) >= 11 is 0. The standard InChI is InChI=1S/C20H24N4O5/c1-14(20(26)21-16-8-7-15(29-2)13-18(16)24(27)28)22-9-11-23(12-10-22)17-5-3-4-6-19(17)25/h3-8,13-14,25H,9-12H2,1-2H3,(H,21,26)/t14-/m1/s1. The fourth-order valence-corrected chi connectivity index (χ4v) is 3.38. The van der Waals surface area contributed by atoms with Crippen molar-refractivity contribution in [2.75, 3.05) is 43.5 Å². The Bertz CT molecular complexity index is 896. The second-order valence-corrected chi connectivity index (χ2v) is 6.82. The van der Waals surface area contributed by atoms with Gasteiger partial charge in [0.15, 0.2) is 0 Å². The van der Waals surface area contributed by atoms with E-state index in [9.17, 15) is 20.0 Å². The summed E-state index contributed by atoms with van der Waals surface area (Å²) in [6.45, 7) is 4.37. The average Bonchev–Trinajstić information content (AvgIpc) is 2.73. The minimum Gasteiger partial charge on any atom is -0.506 e. The smallest absolute Gasteiger partial charge is 0.296 e. The summed E-state index contributed by atoms with van der Waals surface area (Å²) in [5, 5.41) is 24.0. The molecule has 0 spiro atoms. The lowest BCUT2D eigenvalue weighted by molar-refractivity contribution is -0.384. The number of carbonyl (C=O) groups excluding carboxylic acids is 1. The molecular weight excluding hydrogens is 376 g/mol. The lowest BCUT2D eigenvalue weighted by atomic mass is 10.1. The number of methoxy groups -OCH3 is 1. The van der Waals surface area contributed by atoms with Crippen molar-refractivity contribution in [2.45, 2.75) is 13.0 Å². The monoisotopic (exact) mass is 400 g/mol. The summed E-state index contributed by atoms with van der Waals surface area (Å²) in [7, 11) is 1.42. The molecule has 1 aliphatic heterocycles. The molecule has 2 N–H and O–H groups in total. The zero-order chi connectivity index (χ0) is 21.0. The molecule has 0 aliphatic carbocycles. The number of piperazine rings is 1. The van der Waals surface area contributed by atoms with Crippen LogP contribution in [0.2, 0.25) is 0 Å². The van der Waals surface area contributed by atoms with E-state index in [2.05, 4.69) is 10.2 Å². The summed E-state index contributed by atoms with van der Waals surface area (Å²) in [5.74, 6) is 0.274. The fourth-order valence-electron chi connectivity index (χ4n) is 3.38. The van der Waals surface area contributed by atoms with E-state index in [1.807, 2.05) is 17.0 Å². The van der Waals surface area contributed by atoms with E-state index in [4.69, 9.17) is 4.74 Å². The number of hydrogen-bond donors (Lipinski definition) is 2. The van der Waals surface area contributed by atoms with Gasteiger partial charge in [0.05, 0.1) is 29.8 Å². The van der Waals surface area contributed by atoms with Gasteiger partial charge in [0.2, 0.25) is 5.91 Å². The van der Waals surface area contributed by atoms with E-state index < -0.39 is 11.0 Å². The van der Waals surface area contributed by atoms with Crippen LogP contribution in [0.15, 0.2) is 42.5 Å². The number of hydrogen-bond acceptors (Lipinski definition) is 7. The number of nitro benzene ring substituents is 1. The van der Waals surface area contributed by atoms with Gasteiger partial charge in [-0.25, -0.2) is 0 Å². The summed E-state index contributed by atoms with van der Waals surface area (Å²) in [6.07, 6.45) is 0. The van der Waals surface area contributed by atoms with Crippen molar-refractivity contribution >= 4 is 23.0 Å². The van der Waals surface area contributed by atoms with E-state index >= 15 is 0 Å². The molecule has 0 bridgehead atoms. The van der Waals surface area contributed by atoms with Gasteiger partial charge in [-0.1, -0.05) is 12.1 Å². The molecular formula is C20H24N4O5. The lowest BCUT2D eigenvalue weighted by Gasteiger charge is -2.38. The molecule has 1 saturated heterocycles. The van der Waals surface area contributed by atoms with Crippen LogP contribution in [0.1, 0.15) is 6.92 Å². The SMILES string of the molecule is COc1ccc(NC(=O)[C@@H](C)N2CCN(c3ccccc3O)CC2)c([N+](=O)[O-])c1. The molecule has 0 radical (unpaired) electrons. The molecule has 1 atom stereocenters. The molecule has 29 heavy (non-hydrogen) atoms. The predicted molar refractivity (Wildman–Crippen MR) is 110 cm³/mol. The summed E-state index contributed by atoms with van der Waals surface area (Å²) < 4.78 is 5.01. The quantitative estimate of drug-likeness (QED) is 0.566. The highest BCUT2D eigenvalue weighted by atomic mass is 16.6. The molecule has 9 nitrogen and oxygen atoms in total. The number of phenols is 1. The minimum absolute atomic E-state index is 0.139. The molecule has 1 amide bonds. The number of carbonyl (C=O) groups is 1. The van der Waals surface area contributed by atoms with Crippen LogP contribution in [-0.4, -0.2) is 60.2 Å². The second kappa shape index (κ2) is 8.78. The number of nitrogens with zero attached hydrogens (tertiary/aromatic N) is 3. The maximum absolute atomic E-state index is 12.7. The third kappa shape index (κ3) is 4.57. The Morgan fingerprint density at radius 1 is 1.21 bits per heavy atom. The molecule has 0 aromatic heterocycles. The third-order valence-electron chi connectivity index (χ3n) is 5.12. The van der Waals surface area contributed by atoms with E-state index in [1.165, 1.54) is 19.2 Å². The number of nitrogens with one attached hydrogen (secondary N) is 1. The molecule has 9 heteroatoms. The number of aromatic hydroxyl groups is 1. The van der Waals surface area contributed by atoms with Crippen LogP contribution in [0.4, 0.5) is 17.1 Å². The Labute approximate surface area is 168 Å². The number of benzene rings is 2. The number of para-hydroxylation sites is 2. The van der Waals surface area contributed by atoms with Crippen LogP contribution >= 0.6 is 0 Å². The number of anilines is 2. The zero-order valence-electron chi connectivity index (χ0n) is 16.4.